The fraction of sp³-hybridized carbons (Fsp3) is 0.231. The lowest BCUT2D eigenvalue weighted by Gasteiger charge is -2.12. The molecule has 2 rings (SSSR count). The SMILES string of the molecule is CC(NS(=O)(=O)c1ccc(CC#N)cc1)c1nccs1. The molecule has 7 heteroatoms. The van der Waals surface area contributed by atoms with Crippen LogP contribution in [0.5, 0.6) is 0 Å². The van der Waals surface area contributed by atoms with Gasteiger partial charge >= 0.3 is 0 Å². The van der Waals surface area contributed by atoms with Gasteiger partial charge in [-0.2, -0.15) is 5.26 Å². The van der Waals surface area contributed by atoms with Gasteiger partial charge in [0.1, 0.15) is 5.01 Å². The molecular weight excluding hydrogens is 294 g/mol. The molecule has 0 saturated carbocycles. The van der Waals surface area contributed by atoms with Crippen molar-refractivity contribution in [2.45, 2.75) is 24.3 Å². The van der Waals surface area contributed by atoms with Gasteiger partial charge in [0.15, 0.2) is 0 Å². The van der Waals surface area contributed by atoms with E-state index in [1.165, 1.54) is 23.5 Å². The van der Waals surface area contributed by atoms with Gasteiger partial charge in [-0.25, -0.2) is 18.1 Å². The van der Waals surface area contributed by atoms with E-state index in [0.717, 1.165) is 10.6 Å². The largest absolute Gasteiger partial charge is 0.248 e. The first-order valence-electron chi connectivity index (χ1n) is 5.90. The van der Waals surface area contributed by atoms with Crippen molar-refractivity contribution >= 4 is 21.4 Å². The Labute approximate surface area is 122 Å². The van der Waals surface area contributed by atoms with Crippen LogP contribution in [0.2, 0.25) is 0 Å². The first kappa shape index (κ1) is 14.7. The van der Waals surface area contributed by atoms with Gasteiger partial charge in [-0.1, -0.05) is 12.1 Å². The molecule has 0 aliphatic carbocycles. The Morgan fingerprint density at radius 1 is 1.40 bits per heavy atom. The van der Waals surface area contributed by atoms with Gasteiger partial charge in [-0.05, 0) is 24.6 Å². The zero-order valence-corrected chi connectivity index (χ0v) is 12.4. The average molecular weight is 307 g/mol. The normalized spacial score (nSPS) is 12.8. The fourth-order valence-electron chi connectivity index (χ4n) is 1.68. The summed E-state index contributed by atoms with van der Waals surface area (Å²) in [6, 6.07) is 7.94. The zero-order chi connectivity index (χ0) is 14.6. The molecule has 1 aromatic carbocycles. The average Bonchev–Trinajstić information content (AvgIpc) is 2.93. The van der Waals surface area contributed by atoms with Gasteiger partial charge in [0.05, 0.1) is 23.4 Å². The quantitative estimate of drug-likeness (QED) is 0.918. The van der Waals surface area contributed by atoms with Crippen molar-refractivity contribution in [2.24, 2.45) is 0 Å². The van der Waals surface area contributed by atoms with Gasteiger partial charge in [0.25, 0.3) is 0 Å². The highest BCUT2D eigenvalue weighted by Gasteiger charge is 2.19. The second-order valence-electron chi connectivity index (χ2n) is 4.19. The predicted molar refractivity (Wildman–Crippen MR) is 76.6 cm³/mol. The van der Waals surface area contributed by atoms with E-state index >= 15 is 0 Å². The second kappa shape index (κ2) is 6.13. The van der Waals surface area contributed by atoms with Gasteiger partial charge in [0.2, 0.25) is 10.0 Å². The summed E-state index contributed by atoms with van der Waals surface area (Å²) in [6.07, 6.45) is 1.91. The van der Waals surface area contributed by atoms with Gasteiger partial charge in [-0.15, -0.1) is 11.3 Å². The molecule has 0 spiro atoms. The third-order valence-corrected chi connectivity index (χ3v) is 5.19. The van der Waals surface area contributed by atoms with E-state index in [1.807, 2.05) is 6.07 Å². The van der Waals surface area contributed by atoms with Crippen LogP contribution >= 0.6 is 11.3 Å². The Kier molecular flexibility index (Phi) is 4.49. The predicted octanol–water partition coefficient (Wildman–Crippen LogP) is 2.25. The van der Waals surface area contributed by atoms with Gasteiger partial charge < -0.3 is 0 Å². The molecule has 20 heavy (non-hydrogen) atoms. The zero-order valence-electron chi connectivity index (χ0n) is 10.8. The fourth-order valence-corrected chi connectivity index (χ4v) is 3.61. The summed E-state index contributed by atoms with van der Waals surface area (Å²) in [4.78, 5) is 4.27. The van der Waals surface area contributed by atoms with Crippen molar-refractivity contribution < 1.29 is 8.42 Å². The second-order valence-corrected chi connectivity index (χ2v) is 6.83. The molecule has 0 aliphatic rings. The molecule has 1 unspecified atom stereocenters. The Hall–Kier alpha value is -1.75. The van der Waals surface area contributed by atoms with E-state index in [-0.39, 0.29) is 17.4 Å². The first-order chi connectivity index (χ1) is 9.53. The number of nitrogens with zero attached hydrogens (tertiary/aromatic N) is 2. The summed E-state index contributed by atoms with van der Waals surface area (Å²) in [6.45, 7) is 1.75. The molecule has 0 aliphatic heterocycles. The minimum atomic E-state index is -3.58. The van der Waals surface area contributed by atoms with Crippen LogP contribution < -0.4 is 4.72 Å². The molecule has 0 saturated heterocycles. The van der Waals surface area contributed by atoms with Crippen LogP contribution in [-0.4, -0.2) is 13.4 Å². The number of thiazole rings is 1. The lowest BCUT2D eigenvalue weighted by atomic mass is 10.2. The third kappa shape index (κ3) is 3.42. The van der Waals surface area contributed by atoms with Crippen LogP contribution in [0.15, 0.2) is 40.7 Å². The summed E-state index contributed by atoms with van der Waals surface area (Å²) in [5.41, 5.74) is 0.791. The molecule has 1 aromatic heterocycles. The highest BCUT2D eigenvalue weighted by Crippen LogP contribution is 2.19. The molecule has 1 atom stereocenters. The van der Waals surface area contributed by atoms with E-state index in [0.29, 0.717) is 0 Å². The Morgan fingerprint density at radius 3 is 2.65 bits per heavy atom. The molecular formula is C13H13N3O2S2. The smallest absolute Gasteiger partial charge is 0.241 e. The van der Waals surface area contributed by atoms with Crippen molar-refractivity contribution in [3.8, 4) is 6.07 Å². The minimum Gasteiger partial charge on any atom is -0.248 e. The van der Waals surface area contributed by atoms with Crippen LogP contribution in [0, 0.1) is 11.3 Å². The van der Waals surface area contributed by atoms with Crippen LogP contribution in [0.1, 0.15) is 23.5 Å². The minimum absolute atomic E-state index is 0.183. The highest BCUT2D eigenvalue weighted by atomic mass is 32.2. The molecule has 2 aromatic rings. The van der Waals surface area contributed by atoms with Crippen LogP contribution in [0.4, 0.5) is 0 Å². The van der Waals surface area contributed by atoms with Crippen LogP contribution in [-0.2, 0) is 16.4 Å². The molecule has 104 valence electrons. The Bertz CT molecular complexity index is 701. The van der Waals surface area contributed by atoms with Gasteiger partial charge in [0, 0.05) is 11.6 Å². The van der Waals surface area contributed by atoms with Gasteiger partial charge in [-0.3, -0.25) is 0 Å². The maximum absolute atomic E-state index is 12.2. The lowest BCUT2D eigenvalue weighted by molar-refractivity contribution is 0.566. The number of hydrogen-bond acceptors (Lipinski definition) is 5. The van der Waals surface area contributed by atoms with E-state index in [4.69, 9.17) is 5.26 Å². The maximum atomic E-state index is 12.2. The van der Waals surface area contributed by atoms with Crippen LogP contribution in [0.25, 0.3) is 0 Å². The lowest BCUT2D eigenvalue weighted by Crippen LogP contribution is -2.26. The summed E-state index contributed by atoms with van der Waals surface area (Å²) >= 11 is 1.40. The molecule has 0 radical (unpaired) electrons. The Balaban J connectivity index is 2.16. The summed E-state index contributed by atoms with van der Waals surface area (Å²) < 4.78 is 27.0. The number of aromatic nitrogens is 1. The molecule has 1 heterocycles. The standard InChI is InChI=1S/C13H13N3O2S2/c1-10(13-15-8-9-19-13)16-20(17,18)12-4-2-11(3-5-12)6-7-14/h2-5,8-10,16H,6H2,1H3. The van der Waals surface area contributed by atoms with Crippen molar-refractivity contribution in [2.75, 3.05) is 0 Å². The number of nitriles is 1. The summed E-state index contributed by atoms with van der Waals surface area (Å²) in [7, 11) is -3.58. The first-order valence-corrected chi connectivity index (χ1v) is 8.27. The number of rotatable bonds is 5. The van der Waals surface area contributed by atoms with E-state index < -0.39 is 10.0 Å². The van der Waals surface area contributed by atoms with Crippen molar-refractivity contribution in [3.63, 3.8) is 0 Å². The maximum Gasteiger partial charge on any atom is 0.241 e. The molecule has 1 N–H and O–H groups in total. The number of hydrogen-bond donors (Lipinski definition) is 1. The van der Waals surface area contributed by atoms with Crippen molar-refractivity contribution in [1.82, 2.24) is 9.71 Å². The van der Waals surface area contributed by atoms with Crippen molar-refractivity contribution in [1.29, 1.82) is 5.26 Å². The van der Waals surface area contributed by atoms with E-state index in [9.17, 15) is 8.42 Å². The summed E-state index contributed by atoms with van der Waals surface area (Å²) in [5, 5.41) is 11.1. The molecule has 0 fully saturated rings. The number of sulfonamides is 1. The third-order valence-electron chi connectivity index (χ3n) is 2.67. The van der Waals surface area contributed by atoms with Crippen LogP contribution in [0.3, 0.4) is 0 Å². The molecule has 0 bridgehead atoms. The highest BCUT2D eigenvalue weighted by molar-refractivity contribution is 7.89. The van der Waals surface area contributed by atoms with E-state index in [2.05, 4.69) is 9.71 Å². The van der Waals surface area contributed by atoms with Crippen molar-refractivity contribution in [3.05, 3.63) is 46.4 Å². The number of benzene rings is 1. The number of nitrogens with one attached hydrogen (secondary N) is 1. The molecule has 5 nitrogen and oxygen atoms in total. The summed E-state index contributed by atoms with van der Waals surface area (Å²) in [5.74, 6) is 0. The Morgan fingerprint density at radius 2 is 2.10 bits per heavy atom. The molecule has 0 amide bonds. The van der Waals surface area contributed by atoms with E-state index in [1.54, 1.807) is 30.6 Å². The topological polar surface area (TPSA) is 82.9 Å². The monoisotopic (exact) mass is 307 g/mol.